The van der Waals surface area contributed by atoms with Gasteiger partial charge in [0, 0.05) is 45.1 Å². The summed E-state index contributed by atoms with van der Waals surface area (Å²) >= 11 is 0. The predicted molar refractivity (Wildman–Crippen MR) is 94.2 cm³/mol. The molecule has 0 bridgehead atoms. The van der Waals surface area contributed by atoms with E-state index in [-0.39, 0.29) is 11.9 Å². The zero-order chi connectivity index (χ0) is 18.0. The molecule has 0 spiro atoms. The third-order valence-electron chi connectivity index (χ3n) is 4.93. The first-order valence-electron chi connectivity index (χ1n) is 8.38. The minimum atomic E-state index is -0.0405. The van der Waals surface area contributed by atoms with Gasteiger partial charge in [0.1, 0.15) is 6.07 Å². The van der Waals surface area contributed by atoms with Gasteiger partial charge in [-0.15, -0.1) is 0 Å². The van der Waals surface area contributed by atoms with E-state index in [1.54, 1.807) is 28.0 Å². The van der Waals surface area contributed by atoms with Gasteiger partial charge in [0.2, 0.25) is 0 Å². The second kappa shape index (κ2) is 6.93. The van der Waals surface area contributed by atoms with E-state index in [0.29, 0.717) is 11.3 Å². The maximum absolute atomic E-state index is 12.6. The van der Waals surface area contributed by atoms with Crippen LogP contribution in [0.4, 0.5) is 5.69 Å². The van der Waals surface area contributed by atoms with Crippen molar-refractivity contribution in [2.45, 2.75) is 25.8 Å². The fourth-order valence-electron chi connectivity index (χ4n) is 3.24. The Morgan fingerprint density at radius 2 is 2.12 bits per heavy atom. The Bertz CT molecular complexity index is 794. The van der Waals surface area contributed by atoms with E-state index in [9.17, 15) is 10.1 Å². The van der Waals surface area contributed by atoms with Crippen LogP contribution in [-0.2, 0) is 7.05 Å². The van der Waals surface area contributed by atoms with E-state index in [2.05, 4.69) is 21.1 Å². The van der Waals surface area contributed by atoms with E-state index in [1.807, 2.05) is 27.1 Å². The smallest absolute Gasteiger partial charge is 0.274 e. The topological polar surface area (TPSA) is 78.1 Å². The average molecular weight is 338 g/mol. The van der Waals surface area contributed by atoms with Gasteiger partial charge in [-0.25, -0.2) is 0 Å². The first-order chi connectivity index (χ1) is 12.0. The zero-order valence-corrected chi connectivity index (χ0v) is 14.8. The van der Waals surface area contributed by atoms with Crippen molar-refractivity contribution in [2.75, 3.05) is 25.0 Å². The maximum Gasteiger partial charge on any atom is 0.274 e. The lowest BCUT2D eigenvalue weighted by atomic mass is 10.0. The van der Waals surface area contributed by atoms with Crippen LogP contribution in [0.1, 0.15) is 34.6 Å². The van der Waals surface area contributed by atoms with Crippen molar-refractivity contribution < 1.29 is 4.79 Å². The van der Waals surface area contributed by atoms with Gasteiger partial charge in [0.05, 0.1) is 17.4 Å². The van der Waals surface area contributed by atoms with E-state index in [0.717, 1.165) is 37.3 Å². The first kappa shape index (κ1) is 17.0. The molecule has 1 saturated heterocycles. The van der Waals surface area contributed by atoms with Crippen LogP contribution >= 0.6 is 0 Å². The lowest BCUT2D eigenvalue weighted by Crippen LogP contribution is -2.46. The molecule has 1 aliphatic rings. The molecule has 25 heavy (non-hydrogen) atoms. The number of piperidine rings is 1. The number of nitriles is 1. The Balaban J connectivity index is 1.65. The monoisotopic (exact) mass is 338 g/mol. The normalized spacial score (nSPS) is 15.0. The summed E-state index contributed by atoms with van der Waals surface area (Å²) in [4.78, 5) is 20.7. The van der Waals surface area contributed by atoms with Gasteiger partial charge in [-0.05, 0) is 31.9 Å². The number of aryl methyl sites for hydroxylation is 2. The van der Waals surface area contributed by atoms with Crippen molar-refractivity contribution in [3.63, 3.8) is 0 Å². The Morgan fingerprint density at radius 3 is 2.72 bits per heavy atom. The highest BCUT2D eigenvalue weighted by Gasteiger charge is 2.28. The van der Waals surface area contributed by atoms with Gasteiger partial charge in [-0.1, -0.05) is 0 Å². The number of carbonyl (C=O) groups is 1. The minimum absolute atomic E-state index is 0.0405. The van der Waals surface area contributed by atoms with Crippen LogP contribution < -0.4 is 4.90 Å². The standard InChI is InChI=1S/C18H22N6O/c1-13-10-16(21-23(13)3)18(25)22(2)15-5-8-24(9-6-15)17-12-20-7-4-14(17)11-19/h4,7,10,12,15H,5-6,8-9H2,1-3H3. The molecule has 1 aliphatic heterocycles. The number of anilines is 1. The Hall–Kier alpha value is -2.88. The number of rotatable bonds is 3. The van der Waals surface area contributed by atoms with Crippen LogP contribution in [0.2, 0.25) is 0 Å². The molecule has 1 amide bonds. The summed E-state index contributed by atoms with van der Waals surface area (Å²) in [5.74, 6) is -0.0405. The Kier molecular flexibility index (Phi) is 4.70. The Labute approximate surface area is 147 Å². The van der Waals surface area contributed by atoms with Crippen LogP contribution in [-0.4, -0.2) is 51.8 Å². The van der Waals surface area contributed by atoms with E-state index >= 15 is 0 Å². The molecule has 0 aromatic carbocycles. The minimum Gasteiger partial charge on any atom is -0.369 e. The quantitative estimate of drug-likeness (QED) is 0.852. The number of hydrogen-bond acceptors (Lipinski definition) is 5. The highest BCUT2D eigenvalue weighted by Crippen LogP contribution is 2.25. The summed E-state index contributed by atoms with van der Waals surface area (Å²) in [6.07, 6.45) is 5.09. The van der Waals surface area contributed by atoms with Crippen molar-refractivity contribution in [3.05, 3.63) is 41.5 Å². The average Bonchev–Trinajstić information content (AvgIpc) is 2.99. The summed E-state index contributed by atoms with van der Waals surface area (Å²) in [5.41, 5.74) is 2.97. The van der Waals surface area contributed by atoms with Gasteiger partial charge in [0.15, 0.2) is 5.69 Å². The van der Waals surface area contributed by atoms with Crippen molar-refractivity contribution in [1.29, 1.82) is 5.26 Å². The molecule has 0 radical (unpaired) electrons. The van der Waals surface area contributed by atoms with Crippen LogP contribution in [0.5, 0.6) is 0 Å². The van der Waals surface area contributed by atoms with Gasteiger partial charge in [-0.3, -0.25) is 14.5 Å². The Morgan fingerprint density at radius 1 is 1.40 bits per heavy atom. The molecular formula is C18H22N6O. The number of amides is 1. The van der Waals surface area contributed by atoms with E-state index < -0.39 is 0 Å². The SMILES string of the molecule is Cc1cc(C(=O)N(C)C2CCN(c3cnccc3C#N)CC2)nn1C. The van der Waals surface area contributed by atoms with E-state index in [4.69, 9.17) is 0 Å². The molecule has 0 aliphatic carbocycles. The predicted octanol–water partition coefficient (Wildman–Crippen LogP) is 1.74. The number of aromatic nitrogens is 3. The van der Waals surface area contributed by atoms with Crippen molar-refractivity contribution >= 4 is 11.6 Å². The van der Waals surface area contributed by atoms with Crippen LogP contribution in [0.25, 0.3) is 0 Å². The molecule has 7 nitrogen and oxygen atoms in total. The summed E-state index contributed by atoms with van der Waals surface area (Å²) in [6.45, 7) is 3.52. The van der Waals surface area contributed by atoms with Gasteiger partial charge < -0.3 is 9.80 Å². The lowest BCUT2D eigenvalue weighted by Gasteiger charge is -2.37. The van der Waals surface area contributed by atoms with Crippen molar-refractivity contribution in [3.8, 4) is 6.07 Å². The molecule has 2 aromatic rings. The number of nitrogens with zero attached hydrogens (tertiary/aromatic N) is 6. The third kappa shape index (κ3) is 3.33. The van der Waals surface area contributed by atoms with Crippen molar-refractivity contribution in [2.24, 2.45) is 7.05 Å². The van der Waals surface area contributed by atoms with Gasteiger partial charge in [0.25, 0.3) is 5.91 Å². The largest absolute Gasteiger partial charge is 0.369 e. The molecule has 1 fully saturated rings. The van der Waals surface area contributed by atoms with E-state index in [1.165, 1.54) is 0 Å². The molecule has 3 heterocycles. The summed E-state index contributed by atoms with van der Waals surface area (Å²) in [7, 11) is 3.68. The number of hydrogen-bond donors (Lipinski definition) is 0. The second-order valence-electron chi connectivity index (χ2n) is 6.43. The highest BCUT2D eigenvalue weighted by molar-refractivity contribution is 5.92. The summed E-state index contributed by atoms with van der Waals surface area (Å²) in [5, 5.41) is 13.5. The maximum atomic E-state index is 12.6. The summed E-state index contributed by atoms with van der Waals surface area (Å²) in [6, 6.07) is 5.95. The molecule has 7 heteroatoms. The molecule has 0 saturated carbocycles. The van der Waals surface area contributed by atoms with Crippen LogP contribution in [0.15, 0.2) is 24.5 Å². The molecule has 130 valence electrons. The van der Waals surface area contributed by atoms with Gasteiger partial charge in [-0.2, -0.15) is 10.4 Å². The third-order valence-corrected chi connectivity index (χ3v) is 4.93. The van der Waals surface area contributed by atoms with Crippen LogP contribution in [0.3, 0.4) is 0 Å². The molecule has 3 rings (SSSR count). The molecule has 0 unspecified atom stereocenters. The lowest BCUT2D eigenvalue weighted by molar-refractivity contribution is 0.0702. The zero-order valence-electron chi connectivity index (χ0n) is 14.8. The number of pyridine rings is 1. The highest BCUT2D eigenvalue weighted by atomic mass is 16.2. The molecule has 2 aromatic heterocycles. The molecule has 0 N–H and O–H groups in total. The second-order valence-corrected chi connectivity index (χ2v) is 6.43. The molecule has 0 atom stereocenters. The fraction of sp³-hybridized carbons (Fsp3) is 0.444. The van der Waals surface area contributed by atoms with Gasteiger partial charge >= 0.3 is 0 Å². The first-order valence-corrected chi connectivity index (χ1v) is 8.38. The number of carbonyl (C=O) groups excluding carboxylic acids is 1. The fourth-order valence-corrected chi connectivity index (χ4v) is 3.24. The van der Waals surface area contributed by atoms with Crippen molar-refractivity contribution in [1.82, 2.24) is 19.7 Å². The summed E-state index contributed by atoms with van der Waals surface area (Å²) < 4.78 is 1.72. The van der Waals surface area contributed by atoms with Crippen LogP contribution in [0, 0.1) is 18.3 Å². The molecular weight excluding hydrogens is 316 g/mol.